The van der Waals surface area contributed by atoms with Crippen LogP contribution in [-0.4, -0.2) is 18.7 Å². The number of carbonyl (C=O) groups excluding carboxylic acids is 1. The lowest BCUT2D eigenvalue weighted by Gasteiger charge is -2.26. The molecule has 0 atom stereocenters. The molecule has 0 aliphatic carbocycles. The van der Waals surface area contributed by atoms with Crippen molar-refractivity contribution in [1.82, 2.24) is 0 Å². The standard InChI is InChI=1S/C14H17NO3/c1-14(2,9-6-10-15)18-12-8-5-4-7-11(12)13(16)17-3/h4-5,7-8H,6,9H2,1-3H3. The van der Waals surface area contributed by atoms with Crippen molar-refractivity contribution in [3.63, 3.8) is 0 Å². The summed E-state index contributed by atoms with van der Waals surface area (Å²) in [5, 5.41) is 8.60. The molecule has 0 bridgehead atoms. The number of rotatable bonds is 5. The van der Waals surface area contributed by atoms with Gasteiger partial charge >= 0.3 is 5.97 Å². The molecule has 1 aromatic rings. The van der Waals surface area contributed by atoms with E-state index in [1.54, 1.807) is 24.3 Å². The second kappa shape index (κ2) is 6.06. The number of hydrogen-bond donors (Lipinski definition) is 0. The highest BCUT2D eigenvalue weighted by Crippen LogP contribution is 2.26. The average molecular weight is 247 g/mol. The molecule has 0 radical (unpaired) electrons. The van der Waals surface area contributed by atoms with Crippen LogP contribution in [0.2, 0.25) is 0 Å². The molecule has 0 fully saturated rings. The lowest BCUT2D eigenvalue weighted by atomic mass is 10.0. The lowest BCUT2D eigenvalue weighted by molar-refractivity contribution is 0.0577. The predicted molar refractivity (Wildman–Crippen MR) is 67.3 cm³/mol. The Morgan fingerprint density at radius 1 is 1.39 bits per heavy atom. The Hall–Kier alpha value is -2.02. The van der Waals surface area contributed by atoms with Crippen LogP contribution in [0, 0.1) is 11.3 Å². The number of nitriles is 1. The Kier molecular flexibility index (Phi) is 4.73. The van der Waals surface area contributed by atoms with Crippen molar-refractivity contribution in [1.29, 1.82) is 5.26 Å². The summed E-state index contributed by atoms with van der Waals surface area (Å²) in [5.74, 6) is 0.0500. The summed E-state index contributed by atoms with van der Waals surface area (Å²) in [7, 11) is 1.33. The fourth-order valence-corrected chi connectivity index (χ4v) is 1.54. The Bertz CT molecular complexity index is 460. The van der Waals surface area contributed by atoms with E-state index in [0.29, 0.717) is 24.2 Å². The SMILES string of the molecule is COC(=O)c1ccccc1OC(C)(C)CCC#N. The summed E-state index contributed by atoms with van der Waals surface area (Å²) in [5.41, 5.74) is -0.107. The molecule has 0 heterocycles. The highest BCUT2D eigenvalue weighted by atomic mass is 16.5. The van der Waals surface area contributed by atoms with Crippen LogP contribution >= 0.6 is 0 Å². The van der Waals surface area contributed by atoms with E-state index < -0.39 is 11.6 Å². The predicted octanol–water partition coefficient (Wildman–Crippen LogP) is 2.93. The van der Waals surface area contributed by atoms with Gasteiger partial charge in [-0.3, -0.25) is 0 Å². The fourth-order valence-electron chi connectivity index (χ4n) is 1.54. The second-order valence-electron chi connectivity index (χ2n) is 4.51. The van der Waals surface area contributed by atoms with Gasteiger partial charge < -0.3 is 9.47 Å². The molecule has 0 aromatic heterocycles. The van der Waals surface area contributed by atoms with Crippen molar-refractivity contribution in [3.05, 3.63) is 29.8 Å². The van der Waals surface area contributed by atoms with Gasteiger partial charge in [0, 0.05) is 6.42 Å². The molecule has 4 nitrogen and oxygen atoms in total. The van der Waals surface area contributed by atoms with Crippen molar-refractivity contribution in [2.75, 3.05) is 7.11 Å². The molecule has 1 rings (SSSR count). The van der Waals surface area contributed by atoms with Crippen molar-refractivity contribution in [3.8, 4) is 11.8 Å². The summed E-state index contributed by atoms with van der Waals surface area (Å²) in [6.07, 6.45) is 1.01. The first-order chi connectivity index (χ1) is 8.50. The van der Waals surface area contributed by atoms with Gasteiger partial charge in [-0.05, 0) is 32.4 Å². The van der Waals surface area contributed by atoms with Gasteiger partial charge in [0.1, 0.15) is 16.9 Å². The van der Waals surface area contributed by atoms with Crippen LogP contribution in [-0.2, 0) is 4.74 Å². The maximum Gasteiger partial charge on any atom is 0.341 e. The molecule has 4 heteroatoms. The van der Waals surface area contributed by atoms with Crippen molar-refractivity contribution >= 4 is 5.97 Å². The maximum atomic E-state index is 11.6. The van der Waals surface area contributed by atoms with Crippen molar-refractivity contribution in [2.24, 2.45) is 0 Å². The van der Waals surface area contributed by atoms with Crippen LogP contribution in [0.25, 0.3) is 0 Å². The topological polar surface area (TPSA) is 59.3 Å². The Morgan fingerprint density at radius 3 is 2.67 bits per heavy atom. The molecule has 18 heavy (non-hydrogen) atoms. The van der Waals surface area contributed by atoms with Gasteiger partial charge in [0.2, 0.25) is 0 Å². The number of benzene rings is 1. The Labute approximate surface area is 107 Å². The summed E-state index contributed by atoms with van der Waals surface area (Å²) in [6.45, 7) is 3.77. The largest absolute Gasteiger partial charge is 0.487 e. The monoisotopic (exact) mass is 247 g/mol. The first kappa shape index (κ1) is 14.0. The first-order valence-electron chi connectivity index (χ1n) is 5.73. The minimum Gasteiger partial charge on any atom is -0.487 e. The third-order valence-corrected chi connectivity index (χ3v) is 2.52. The fraction of sp³-hybridized carbons (Fsp3) is 0.429. The van der Waals surface area contributed by atoms with Crippen LogP contribution in [0.5, 0.6) is 5.75 Å². The molecule has 0 aliphatic rings. The average Bonchev–Trinajstić information content (AvgIpc) is 2.36. The molecule has 0 saturated carbocycles. The molecular weight excluding hydrogens is 230 g/mol. The zero-order valence-corrected chi connectivity index (χ0v) is 10.9. The van der Waals surface area contributed by atoms with Gasteiger partial charge in [0.05, 0.1) is 13.2 Å². The van der Waals surface area contributed by atoms with Gasteiger partial charge in [-0.1, -0.05) is 12.1 Å². The van der Waals surface area contributed by atoms with Crippen LogP contribution in [0.15, 0.2) is 24.3 Å². The number of hydrogen-bond acceptors (Lipinski definition) is 4. The molecule has 0 saturated heterocycles. The van der Waals surface area contributed by atoms with Crippen LogP contribution in [0.1, 0.15) is 37.0 Å². The zero-order valence-electron chi connectivity index (χ0n) is 10.9. The Balaban J connectivity index is 2.90. The first-order valence-corrected chi connectivity index (χ1v) is 5.73. The molecule has 1 aromatic carbocycles. The number of esters is 1. The summed E-state index contributed by atoms with van der Waals surface area (Å²) in [6, 6.07) is 9.01. The smallest absolute Gasteiger partial charge is 0.341 e. The number of carbonyl (C=O) groups is 1. The number of nitrogens with zero attached hydrogens (tertiary/aromatic N) is 1. The molecule has 0 amide bonds. The van der Waals surface area contributed by atoms with Crippen LogP contribution in [0.4, 0.5) is 0 Å². The van der Waals surface area contributed by atoms with E-state index in [1.165, 1.54) is 7.11 Å². The minimum atomic E-state index is -0.500. The molecular formula is C14H17NO3. The van der Waals surface area contributed by atoms with E-state index >= 15 is 0 Å². The number of ether oxygens (including phenoxy) is 2. The van der Waals surface area contributed by atoms with Crippen molar-refractivity contribution in [2.45, 2.75) is 32.3 Å². The van der Waals surface area contributed by atoms with E-state index in [0.717, 1.165) is 0 Å². The highest BCUT2D eigenvalue weighted by molar-refractivity contribution is 5.92. The van der Waals surface area contributed by atoms with Gasteiger partial charge in [0.25, 0.3) is 0 Å². The quantitative estimate of drug-likeness (QED) is 0.750. The molecule has 0 spiro atoms. The van der Waals surface area contributed by atoms with Gasteiger partial charge in [-0.15, -0.1) is 0 Å². The highest BCUT2D eigenvalue weighted by Gasteiger charge is 2.22. The molecule has 0 unspecified atom stereocenters. The van der Waals surface area contributed by atoms with Crippen molar-refractivity contribution < 1.29 is 14.3 Å². The van der Waals surface area contributed by atoms with E-state index in [1.807, 2.05) is 13.8 Å². The van der Waals surface area contributed by atoms with E-state index in [-0.39, 0.29) is 0 Å². The summed E-state index contributed by atoms with van der Waals surface area (Å²) in [4.78, 5) is 11.6. The molecule has 0 aliphatic heterocycles. The zero-order chi connectivity index (χ0) is 13.6. The van der Waals surface area contributed by atoms with Crippen LogP contribution in [0.3, 0.4) is 0 Å². The lowest BCUT2D eigenvalue weighted by Crippen LogP contribution is -2.28. The number of methoxy groups -OCH3 is 1. The third-order valence-electron chi connectivity index (χ3n) is 2.52. The Morgan fingerprint density at radius 2 is 2.06 bits per heavy atom. The molecule has 96 valence electrons. The molecule has 0 N–H and O–H groups in total. The van der Waals surface area contributed by atoms with Gasteiger partial charge in [0.15, 0.2) is 0 Å². The minimum absolute atomic E-state index is 0.394. The normalized spacial score (nSPS) is 10.6. The van der Waals surface area contributed by atoms with Crippen LogP contribution < -0.4 is 4.74 Å². The summed E-state index contributed by atoms with van der Waals surface area (Å²) >= 11 is 0. The summed E-state index contributed by atoms with van der Waals surface area (Å²) < 4.78 is 10.5. The van der Waals surface area contributed by atoms with E-state index in [9.17, 15) is 4.79 Å². The van der Waals surface area contributed by atoms with Gasteiger partial charge in [-0.2, -0.15) is 5.26 Å². The maximum absolute atomic E-state index is 11.6. The third kappa shape index (κ3) is 3.77. The number of para-hydroxylation sites is 1. The van der Waals surface area contributed by atoms with E-state index in [4.69, 9.17) is 14.7 Å². The van der Waals surface area contributed by atoms with Gasteiger partial charge in [-0.25, -0.2) is 4.79 Å². The van der Waals surface area contributed by atoms with E-state index in [2.05, 4.69) is 6.07 Å². The second-order valence-corrected chi connectivity index (χ2v) is 4.51.